The molecule has 0 radical (unpaired) electrons. The summed E-state index contributed by atoms with van der Waals surface area (Å²) in [6.45, 7) is 6.80. The monoisotopic (exact) mass is 227 g/mol. The van der Waals surface area contributed by atoms with Crippen LogP contribution in [0.2, 0.25) is 0 Å². The fourth-order valence-corrected chi connectivity index (χ4v) is 2.31. The normalized spacial score (nSPS) is 26.6. The third kappa shape index (κ3) is 5.28. The predicted molar refractivity (Wildman–Crippen MR) is 70.6 cm³/mol. The molecule has 0 bridgehead atoms. The van der Waals surface area contributed by atoms with E-state index in [-0.39, 0.29) is 0 Å². The van der Waals surface area contributed by atoms with Crippen molar-refractivity contribution in [3.8, 4) is 0 Å². The van der Waals surface area contributed by atoms with Gasteiger partial charge in [-0.25, -0.2) is 0 Å². The second kappa shape index (κ2) is 7.25. The first-order valence-corrected chi connectivity index (χ1v) is 6.78. The number of nitrogens with two attached hydrogens (primary N) is 1. The van der Waals surface area contributed by atoms with Crippen molar-refractivity contribution in [2.75, 3.05) is 20.1 Å². The average Bonchev–Trinajstić information content (AvgIpc) is 2.24. The van der Waals surface area contributed by atoms with Crippen LogP contribution >= 0.6 is 0 Å². The van der Waals surface area contributed by atoms with Crippen molar-refractivity contribution in [1.82, 2.24) is 10.2 Å². The van der Waals surface area contributed by atoms with Gasteiger partial charge in [0.2, 0.25) is 0 Å². The van der Waals surface area contributed by atoms with E-state index in [9.17, 15) is 0 Å². The van der Waals surface area contributed by atoms with Gasteiger partial charge >= 0.3 is 0 Å². The van der Waals surface area contributed by atoms with Gasteiger partial charge in [0, 0.05) is 18.1 Å². The maximum Gasteiger partial charge on any atom is 0.00818 e. The molecule has 0 spiro atoms. The quantitative estimate of drug-likeness (QED) is 0.677. The van der Waals surface area contributed by atoms with Crippen molar-refractivity contribution >= 4 is 0 Å². The zero-order valence-corrected chi connectivity index (χ0v) is 11.2. The minimum absolute atomic E-state index is 0.435. The molecule has 3 nitrogen and oxygen atoms in total. The molecular weight excluding hydrogens is 198 g/mol. The average molecular weight is 227 g/mol. The molecule has 0 amide bonds. The third-order valence-corrected chi connectivity index (χ3v) is 3.72. The second-order valence-corrected chi connectivity index (χ2v) is 5.51. The number of hydrogen-bond acceptors (Lipinski definition) is 3. The Balaban J connectivity index is 2.02. The molecule has 1 saturated carbocycles. The van der Waals surface area contributed by atoms with Crippen LogP contribution in [0.3, 0.4) is 0 Å². The highest BCUT2D eigenvalue weighted by atomic mass is 15.1. The van der Waals surface area contributed by atoms with Crippen molar-refractivity contribution in [3.05, 3.63) is 0 Å². The van der Waals surface area contributed by atoms with Crippen LogP contribution in [0, 0.1) is 0 Å². The summed E-state index contributed by atoms with van der Waals surface area (Å²) in [5.74, 6) is 0. The summed E-state index contributed by atoms with van der Waals surface area (Å²) in [5.41, 5.74) is 5.97. The smallest absolute Gasteiger partial charge is 0.00818 e. The highest BCUT2D eigenvalue weighted by Gasteiger charge is 2.18. The SMILES string of the molecule is CC(C)N(C)CCCNC1CCCC(N)C1. The maximum absolute atomic E-state index is 5.97. The van der Waals surface area contributed by atoms with Crippen molar-refractivity contribution in [2.45, 2.75) is 64.1 Å². The van der Waals surface area contributed by atoms with Gasteiger partial charge in [-0.05, 0) is 59.7 Å². The summed E-state index contributed by atoms with van der Waals surface area (Å²) >= 11 is 0. The molecule has 0 aromatic carbocycles. The first-order valence-electron chi connectivity index (χ1n) is 6.78. The van der Waals surface area contributed by atoms with Gasteiger partial charge in [0.15, 0.2) is 0 Å². The molecule has 2 atom stereocenters. The van der Waals surface area contributed by atoms with Gasteiger partial charge < -0.3 is 16.0 Å². The van der Waals surface area contributed by atoms with Crippen LogP contribution in [0.15, 0.2) is 0 Å². The molecular formula is C13H29N3. The molecule has 0 aliphatic heterocycles. The lowest BCUT2D eigenvalue weighted by Gasteiger charge is -2.28. The van der Waals surface area contributed by atoms with E-state index in [4.69, 9.17) is 5.73 Å². The van der Waals surface area contributed by atoms with Gasteiger partial charge in [-0.15, -0.1) is 0 Å². The summed E-state index contributed by atoms with van der Waals surface area (Å²) in [6.07, 6.45) is 6.23. The van der Waals surface area contributed by atoms with Crippen molar-refractivity contribution < 1.29 is 0 Å². The lowest BCUT2D eigenvalue weighted by atomic mass is 9.91. The van der Waals surface area contributed by atoms with E-state index in [1.807, 2.05) is 0 Å². The van der Waals surface area contributed by atoms with Crippen LogP contribution in [0.4, 0.5) is 0 Å². The Morgan fingerprint density at radius 1 is 1.38 bits per heavy atom. The van der Waals surface area contributed by atoms with E-state index in [2.05, 4.69) is 31.1 Å². The number of rotatable bonds is 6. The summed E-state index contributed by atoms with van der Waals surface area (Å²) in [7, 11) is 2.20. The van der Waals surface area contributed by atoms with E-state index in [1.54, 1.807) is 0 Å². The molecule has 0 heterocycles. The molecule has 0 aromatic rings. The topological polar surface area (TPSA) is 41.3 Å². The Hall–Kier alpha value is -0.120. The Morgan fingerprint density at radius 2 is 2.12 bits per heavy atom. The first kappa shape index (κ1) is 13.9. The Labute approximate surface area is 101 Å². The van der Waals surface area contributed by atoms with Gasteiger partial charge in [0.1, 0.15) is 0 Å². The van der Waals surface area contributed by atoms with Crippen LogP contribution < -0.4 is 11.1 Å². The van der Waals surface area contributed by atoms with Gasteiger partial charge in [0.25, 0.3) is 0 Å². The molecule has 2 unspecified atom stereocenters. The summed E-state index contributed by atoms with van der Waals surface area (Å²) < 4.78 is 0. The van der Waals surface area contributed by atoms with E-state index in [0.717, 1.165) is 6.54 Å². The number of nitrogens with zero attached hydrogens (tertiary/aromatic N) is 1. The molecule has 1 aliphatic carbocycles. The molecule has 3 heteroatoms. The fraction of sp³-hybridized carbons (Fsp3) is 1.00. The Morgan fingerprint density at radius 3 is 2.75 bits per heavy atom. The van der Waals surface area contributed by atoms with E-state index in [1.165, 1.54) is 38.6 Å². The maximum atomic E-state index is 5.97. The third-order valence-electron chi connectivity index (χ3n) is 3.72. The van der Waals surface area contributed by atoms with Crippen LogP contribution in [0.5, 0.6) is 0 Å². The van der Waals surface area contributed by atoms with E-state index >= 15 is 0 Å². The van der Waals surface area contributed by atoms with Gasteiger partial charge in [0.05, 0.1) is 0 Å². The number of hydrogen-bond donors (Lipinski definition) is 2. The Kier molecular flexibility index (Phi) is 6.32. The lowest BCUT2D eigenvalue weighted by molar-refractivity contribution is 0.263. The highest BCUT2D eigenvalue weighted by Crippen LogP contribution is 2.16. The minimum atomic E-state index is 0.435. The van der Waals surface area contributed by atoms with Crippen LogP contribution in [0.1, 0.15) is 46.0 Å². The summed E-state index contributed by atoms with van der Waals surface area (Å²) in [6, 6.07) is 1.76. The molecule has 1 rings (SSSR count). The van der Waals surface area contributed by atoms with Crippen molar-refractivity contribution in [2.24, 2.45) is 5.73 Å². The minimum Gasteiger partial charge on any atom is -0.328 e. The molecule has 1 aliphatic rings. The molecule has 96 valence electrons. The zero-order chi connectivity index (χ0) is 12.0. The van der Waals surface area contributed by atoms with Gasteiger partial charge in [-0.2, -0.15) is 0 Å². The molecule has 16 heavy (non-hydrogen) atoms. The molecule has 0 aromatic heterocycles. The van der Waals surface area contributed by atoms with Crippen LogP contribution in [-0.4, -0.2) is 43.2 Å². The predicted octanol–water partition coefficient (Wildman–Crippen LogP) is 1.58. The number of nitrogens with one attached hydrogen (secondary N) is 1. The van der Waals surface area contributed by atoms with Gasteiger partial charge in [-0.3, -0.25) is 0 Å². The van der Waals surface area contributed by atoms with Crippen molar-refractivity contribution in [3.63, 3.8) is 0 Å². The molecule has 0 saturated heterocycles. The van der Waals surface area contributed by atoms with Gasteiger partial charge in [-0.1, -0.05) is 6.42 Å². The summed E-state index contributed by atoms with van der Waals surface area (Å²) in [4.78, 5) is 2.40. The Bertz CT molecular complexity index is 182. The van der Waals surface area contributed by atoms with Crippen LogP contribution in [0.25, 0.3) is 0 Å². The highest BCUT2D eigenvalue weighted by molar-refractivity contribution is 4.79. The lowest BCUT2D eigenvalue weighted by Crippen LogP contribution is -2.40. The molecule has 3 N–H and O–H groups in total. The summed E-state index contributed by atoms with van der Waals surface area (Å²) in [5, 5.41) is 3.64. The standard InChI is InChI=1S/C13H29N3/c1-11(2)16(3)9-5-8-15-13-7-4-6-12(14)10-13/h11-13,15H,4-10,14H2,1-3H3. The largest absolute Gasteiger partial charge is 0.328 e. The van der Waals surface area contributed by atoms with E-state index in [0.29, 0.717) is 18.1 Å². The first-order chi connectivity index (χ1) is 7.59. The fourth-order valence-electron chi connectivity index (χ4n) is 2.31. The van der Waals surface area contributed by atoms with Crippen LogP contribution in [-0.2, 0) is 0 Å². The molecule has 1 fully saturated rings. The van der Waals surface area contributed by atoms with Crippen molar-refractivity contribution in [1.29, 1.82) is 0 Å². The van der Waals surface area contributed by atoms with E-state index < -0.39 is 0 Å². The second-order valence-electron chi connectivity index (χ2n) is 5.51. The zero-order valence-electron chi connectivity index (χ0n) is 11.2.